The number of aromatic nitrogens is 1. The van der Waals surface area contributed by atoms with Gasteiger partial charge in [0.1, 0.15) is 5.76 Å². The Morgan fingerprint density at radius 2 is 2.08 bits per heavy atom. The second-order valence-corrected chi connectivity index (χ2v) is 6.87. The molecule has 134 valence electrons. The highest BCUT2D eigenvalue weighted by Gasteiger charge is 2.43. The van der Waals surface area contributed by atoms with Gasteiger partial charge < -0.3 is 14.6 Å². The third-order valence-corrected chi connectivity index (χ3v) is 4.90. The highest BCUT2D eigenvalue weighted by molar-refractivity contribution is 7.11. The van der Waals surface area contributed by atoms with Gasteiger partial charge in [-0.15, -0.1) is 0 Å². The average Bonchev–Trinajstić information content (AvgIpc) is 3.18. The molecule has 0 radical (unpaired) electrons. The molecule has 2 atom stereocenters. The molecular formula is C18H13F2NO4S. The third kappa shape index (κ3) is 3.32. The number of carboxylic acid groups (broad SMARTS) is 1. The lowest BCUT2D eigenvalue weighted by atomic mass is 10.1. The molecule has 0 bridgehead atoms. The maximum absolute atomic E-state index is 14.2. The number of thiazole rings is 1. The Labute approximate surface area is 151 Å². The van der Waals surface area contributed by atoms with Crippen LogP contribution in [0.1, 0.15) is 6.42 Å². The molecule has 1 saturated carbocycles. The minimum Gasteiger partial charge on any atom is -0.487 e. The lowest BCUT2D eigenvalue weighted by Gasteiger charge is -2.09. The van der Waals surface area contributed by atoms with Crippen molar-refractivity contribution in [2.75, 3.05) is 6.61 Å². The fourth-order valence-corrected chi connectivity index (χ4v) is 3.25. The number of nitrogens with zero attached hydrogens (tertiary/aromatic N) is 1. The van der Waals surface area contributed by atoms with Crippen molar-refractivity contribution in [3.8, 4) is 22.2 Å². The van der Waals surface area contributed by atoms with Crippen LogP contribution >= 0.6 is 11.3 Å². The molecule has 26 heavy (non-hydrogen) atoms. The number of carbonyl (C=O) groups is 1. The van der Waals surface area contributed by atoms with Gasteiger partial charge in [-0.2, -0.15) is 0 Å². The standard InChI is InChI=1S/C18H13F2NO4S/c19-13-5-9(15-8-26-18(21-15)25-11-2-1-3-11)6-14(20)16(13)24-7-10-4-12(10)17(22)23/h1-3,5-6,8,10,12H,4,7H2,(H,22,23). The molecule has 5 nitrogen and oxygen atoms in total. The average molecular weight is 377 g/mol. The van der Waals surface area contributed by atoms with E-state index >= 15 is 0 Å². The summed E-state index contributed by atoms with van der Waals surface area (Å²) >= 11 is 1.22. The molecule has 2 aromatic rings. The maximum Gasteiger partial charge on any atom is 0.306 e. The van der Waals surface area contributed by atoms with Crippen LogP contribution in [0.15, 0.2) is 41.5 Å². The second kappa shape index (κ2) is 6.53. The minimum absolute atomic E-state index is 0.0263. The number of allylic oxidation sites excluding steroid dienone is 3. The van der Waals surface area contributed by atoms with Crippen molar-refractivity contribution in [3.05, 3.63) is 53.1 Å². The first-order valence-corrected chi connectivity index (χ1v) is 8.76. The van der Waals surface area contributed by atoms with E-state index in [0.29, 0.717) is 23.1 Å². The maximum atomic E-state index is 14.2. The van der Waals surface area contributed by atoms with E-state index < -0.39 is 29.3 Å². The van der Waals surface area contributed by atoms with Crippen molar-refractivity contribution in [2.24, 2.45) is 11.8 Å². The molecule has 0 saturated heterocycles. The number of aliphatic carboxylic acids is 1. The molecule has 0 aliphatic heterocycles. The lowest BCUT2D eigenvalue weighted by molar-refractivity contribution is -0.138. The van der Waals surface area contributed by atoms with E-state index in [1.165, 1.54) is 11.3 Å². The number of ether oxygens (including phenoxy) is 2. The van der Waals surface area contributed by atoms with Crippen molar-refractivity contribution in [1.82, 2.24) is 4.98 Å². The Balaban J connectivity index is 1.46. The number of rotatable bonds is 7. The second-order valence-electron chi connectivity index (χ2n) is 6.05. The van der Waals surface area contributed by atoms with Gasteiger partial charge in [0, 0.05) is 16.9 Å². The number of halogens is 2. The highest BCUT2D eigenvalue weighted by Crippen LogP contribution is 2.40. The molecule has 1 aromatic carbocycles. The number of hydrogen-bond acceptors (Lipinski definition) is 5. The van der Waals surface area contributed by atoms with Gasteiger partial charge in [-0.1, -0.05) is 17.4 Å². The van der Waals surface area contributed by atoms with Crippen LogP contribution in [0.2, 0.25) is 0 Å². The number of benzene rings is 1. The molecule has 2 unspecified atom stereocenters. The molecule has 0 amide bonds. The Morgan fingerprint density at radius 3 is 2.65 bits per heavy atom. The lowest BCUT2D eigenvalue weighted by Crippen LogP contribution is -2.08. The van der Waals surface area contributed by atoms with Crippen molar-refractivity contribution >= 4 is 17.3 Å². The van der Waals surface area contributed by atoms with Crippen LogP contribution in [0.25, 0.3) is 11.3 Å². The molecule has 2 aliphatic rings. The van der Waals surface area contributed by atoms with E-state index in [0.717, 1.165) is 12.1 Å². The first-order chi connectivity index (χ1) is 12.5. The first kappa shape index (κ1) is 16.7. The van der Waals surface area contributed by atoms with Gasteiger partial charge in [-0.05, 0) is 30.7 Å². The van der Waals surface area contributed by atoms with Crippen molar-refractivity contribution in [3.63, 3.8) is 0 Å². The molecule has 1 fully saturated rings. The smallest absolute Gasteiger partial charge is 0.306 e. The zero-order valence-corrected chi connectivity index (χ0v) is 14.1. The summed E-state index contributed by atoms with van der Waals surface area (Å²) in [4.78, 5) is 15.0. The van der Waals surface area contributed by atoms with Crippen LogP contribution in [0.3, 0.4) is 0 Å². The predicted molar refractivity (Wildman–Crippen MR) is 90.0 cm³/mol. The first-order valence-electron chi connectivity index (χ1n) is 7.88. The monoisotopic (exact) mass is 377 g/mol. The molecule has 8 heteroatoms. The van der Waals surface area contributed by atoms with Gasteiger partial charge in [0.05, 0.1) is 18.2 Å². The fourth-order valence-electron chi connectivity index (χ4n) is 2.55. The molecule has 1 heterocycles. The number of carboxylic acids is 1. The van der Waals surface area contributed by atoms with Crippen LogP contribution in [-0.2, 0) is 4.79 Å². The molecule has 0 spiro atoms. The van der Waals surface area contributed by atoms with E-state index in [9.17, 15) is 13.6 Å². The summed E-state index contributed by atoms with van der Waals surface area (Å²) in [5.74, 6) is -3.15. The van der Waals surface area contributed by atoms with Gasteiger partial charge >= 0.3 is 5.97 Å². The zero-order chi connectivity index (χ0) is 18.3. The van der Waals surface area contributed by atoms with E-state index in [-0.39, 0.29) is 18.1 Å². The molecule has 4 rings (SSSR count). The summed E-state index contributed by atoms with van der Waals surface area (Å²) in [6, 6.07) is 2.28. The van der Waals surface area contributed by atoms with Crippen LogP contribution in [0.4, 0.5) is 8.78 Å². The third-order valence-electron chi connectivity index (χ3n) is 4.18. The number of hydrogen-bond donors (Lipinski definition) is 1. The van der Waals surface area contributed by atoms with Crippen LogP contribution in [-0.4, -0.2) is 22.7 Å². The fraction of sp³-hybridized carbons (Fsp3) is 0.222. The Bertz CT molecular complexity index is 914. The SMILES string of the molecule is O=C(O)C1CC1COc1c(F)cc(-c2csc(OC3=CC=C3)n2)cc1F. The summed E-state index contributed by atoms with van der Waals surface area (Å²) in [5.41, 5.74) is 0.665. The summed E-state index contributed by atoms with van der Waals surface area (Å²) < 4.78 is 39.1. The predicted octanol–water partition coefficient (Wildman–Crippen LogP) is 4.02. The van der Waals surface area contributed by atoms with E-state index in [1.807, 2.05) is 6.08 Å². The normalized spacial score (nSPS) is 20.3. The van der Waals surface area contributed by atoms with Crippen LogP contribution < -0.4 is 9.47 Å². The van der Waals surface area contributed by atoms with Crippen molar-refractivity contribution < 1.29 is 28.2 Å². The van der Waals surface area contributed by atoms with Gasteiger partial charge in [-0.3, -0.25) is 4.79 Å². The highest BCUT2D eigenvalue weighted by atomic mass is 32.1. The van der Waals surface area contributed by atoms with Crippen LogP contribution in [0, 0.1) is 23.5 Å². The largest absolute Gasteiger partial charge is 0.487 e. The molecule has 1 aromatic heterocycles. The van der Waals surface area contributed by atoms with Crippen molar-refractivity contribution in [1.29, 1.82) is 0 Å². The Hall–Kier alpha value is -2.74. The molecule has 1 N–H and O–H groups in total. The quantitative estimate of drug-likeness (QED) is 0.789. The topological polar surface area (TPSA) is 68.7 Å². The van der Waals surface area contributed by atoms with Gasteiger partial charge in [0.15, 0.2) is 17.4 Å². The van der Waals surface area contributed by atoms with Crippen LogP contribution in [0.5, 0.6) is 10.9 Å². The molecular weight excluding hydrogens is 364 g/mol. The summed E-state index contributed by atoms with van der Waals surface area (Å²) in [7, 11) is 0. The van der Waals surface area contributed by atoms with E-state index in [1.54, 1.807) is 17.5 Å². The summed E-state index contributed by atoms with van der Waals surface area (Å²) in [6.45, 7) is -0.0263. The summed E-state index contributed by atoms with van der Waals surface area (Å²) in [5, 5.41) is 10.9. The zero-order valence-electron chi connectivity index (χ0n) is 13.3. The van der Waals surface area contributed by atoms with E-state index in [2.05, 4.69) is 4.98 Å². The van der Waals surface area contributed by atoms with Crippen molar-refractivity contribution in [2.45, 2.75) is 6.42 Å². The van der Waals surface area contributed by atoms with Gasteiger partial charge in [-0.25, -0.2) is 13.8 Å². The van der Waals surface area contributed by atoms with Gasteiger partial charge in [0.2, 0.25) is 0 Å². The van der Waals surface area contributed by atoms with E-state index in [4.69, 9.17) is 14.6 Å². The minimum atomic E-state index is -0.912. The Kier molecular flexibility index (Phi) is 4.20. The summed E-state index contributed by atoms with van der Waals surface area (Å²) in [6.07, 6.45) is 5.85. The van der Waals surface area contributed by atoms with Gasteiger partial charge in [0.25, 0.3) is 5.19 Å². The Morgan fingerprint density at radius 1 is 1.35 bits per heavy atom. The molecule has 2 aliphatic carbocycles.